The van der Waals surface area contributed by atoms with Crippen LogP contribution in [-0.4, -0.2) is 0 Å². The van der Waals surface area contributed by atoms with E-state index in [-0.39, 0.29) is 0 Å². The van der Waals surface area contributed by atoms with Gasteiger partial charge in [-0.25, -0.2) is 0 Å². The van der Waals surface area contributed by atoms with E-state index in [4.69, 9.17) is 5.26 Å². The maximum atomic E-state index is 8.25. The van der Waals surface area contributed by atoms with Gasteiger partial charge < -0.3 is 10.9 Å². The van der Waals surface area contributed by atoms with Crippen LogP contribution in [0.1, 0.15) is 0 Å². The van der Waals surface area contributed by atoms with Crippen LogP contribution in [0.2, 0.25) is 0 Å². The van der Waals surface area contributed by atoms with Gasteiger partial charge in [0.25, 0.3) is 0 Å². The smallest absolute Gasteiger partial charge is 0.101 e. The third-order valence-corrected chi connectivity index (χ3v) is 0.786. The molecule has 0 aliphatic carbocycles. The van der Waals surface area contributed by atoms with E-state index in [1.165, 1.54) is 0 Å². The van der Waals surface area contributed by atoms with E-state index in [2.05, 4.69) is 10.9 Å². The van der Waals surface area contributed by atoms with E-state index in [1.54, 1.807) is 18.5 Å². The van der Waals surface area contributed by atoms with Gasteiger partial charge in [0.1, 0.15) is 6.07 Å². The number of nitrogens with one attached hydrogen (secondary N) is 2. The molecule has 40 valence electrons. The zero-order valence-electron chi connectivity index (χ0n) is 4.18. The third kappa shape index (κ3) is 0.793. The Balaban J connectivity index is 2.68. The SMILES string of the molecule is N#CC1=CNNC=C1. The number of allylic oxidation sites excluding steroid dienone is 2. The Kier molecular flexibility index (Phi) is 1.20. The first kappa shape index (κ1) is 4.72. The average molecular weight is 107 g/mol. The normalized spacial score (nSPS) is 15.1. The van der Waals surface area contributed by atoms with Crippen LogP contribution in [0.4, 0.5) is 0 Å². The first-order valence-electron chi connectivity index (χ1n) is 2.21. The summed E-state index contributed by atoms with van der Waals surface area (Å²) in [5, 5.41) is 8.25. The van der Waals surface area contributed by atoms with E-state index >= 15 is 0 Å². The molecule has 0 aromatic carbocycles. The van der Waals surface area contributed by atoms with Crippen LogP contribution in [0.25, 0.3) is 0 Å². The second-order valence-corrected chi connectivity index (χ2v) is 1.33. The highest BCUT2D eigenvalue weighted by atomic mass is 15.3. The van der Waals surface area contributed by atoms with Gasteiger partial charge in [-0.2, -0.15) is 5.26 Å². The lowest BCUT2D eigenvalue weighted by molar-refractivity contribution is 0.762. The molecule has 0 atom stereocenters. The molecule has 2 N–H and O–H groups in total. The van der Waals surface area contributed by atoms with E-state index in [1.807, 2.05) is 6.07 Å². The zero-order valence-corrected chi connectivity index (χ0v) is 4.18. The van der Waals surface area contributed by atoms with Crippen LogP contribution in [0.5, 0.6) is 0 Å². The van der Waals surface area contributed by atoms with Gasteiger partial charge in [-0.3, -0.25) is 0 Å². The number of rotatable bonds is 0. The highest BCUT2D eigenvalue weighted by Gasteiger charge is 1.89. The van der Waals surface area contributed by atoms with Crippen molar-refractivity contribution in [2.75, 3.05) is 0 Å². The standard InChI is InChI=1S/C5H5N3/c6-3-5-1-2-7-8-4-5/h1-2,4,7-8H. The van der Waals surface area contributed by atoms with Crippen LogP contribution in [-0.2, 0) is 0 Å². The molecule has 3 nitrogen and oxygen atoms in total. The van der Waals surface area contributed by atoms with Crippen molar-refractivity contribution >= 4 is 0 Å². The molecule has 0 aromatic heterocycles. The van der Waals surface area contributed by atoms with Gasteiger partial charge in [-0.1, -0.05) is 0 Å². The summed E-state index contributed by atoms with van der Waals surface area (Å²) in [7, 11) is 0. The fourth-order valence-corrected chi connectivity index (χ4v) is 0.417. The summed E-state index contributed by atoms with van der Waals surface area (Å²) in [6, 6.07) is 1.98. The fourth-order valence-electron chi connectivity index (χ4n) is 0.417. The molecule has 1 aliphatic heterocycles. The molecule has 3 heteroatoms. The summed E-state index contributed by atoms with van der Waals surface area (Å²) in [4.78, 5) is 0. The van der Waals surface area contributed by atoms with Gasteiger partial charge in [-0.05, 0) is 6.08 Å². The van der Waals surface area contributed by atoms with Crippen molar-refractivity contribution in [1.82, 2.24) is 10.9 Å². The fraction of sp³-hybridized carbons (Fsp3) is 0. The minimum Gasteiger partial charge on any atom is -0.309 e. The highest BCUT2D eigenvalue weighted by molar-refractivity contribution is 5.33. The molecule has 1 heterocycles. The monoisotopic (exact) mass is 107 g/mol. The Labute approximate surface area is 47.3 Å². The number of nitrogens with zero attached hydrogens (tertiary/aromatic N) is 1. The molecule has 1 aliphatic rings. The number of nitriles is 1. The van der Waals surface area contributed by atoms with Gasteiger partial charge in [0.05, 0.1) is 5.57 Å². The van der Waals surface area contributed by atoms with Crippen LogP contribution in [0.15, 0.2) is 24.0 Å². The second kappa shape index (κ2) is 2.03. The van der Waals surface area contributed by atoms with Crippen LogP contribution in [0.3, 0.4) is 0 Å². The molecule has 0 fully saturated rings. The molecular formula is C5H5N3. The summed E-state index contributed by atoms with van der Waals surface area (Å²) < 4.78 is 0. The number of hydrogen-bond acceptors (Lipinski definition) is 3. The molecule has 0 radical (unpaired) electrons. The topological polar surface area (TPSA) is 47.9 Å². The summed E-state index contributed by atoms with van der Waals surface area (Å²) in [6.45, 7) is 0. The molecule has 8 heavy (non-hydrogen) atoms. The second-order valence-electron chi connectivity index (χ2n) is 1.33. The van der Waals surface area contributed by atoms with Crippen LogP contribution >= 0.6 is 0 Å². The van der Waals surface area contributed by atoms with Crippen LogP contribution in [0, 0.1) is 11.3 Å². The van der Waals surface area contributed by atoms with Crippen molar-refractivity contribution in [1.29, 1.82) is 5.26 Å². The lowest BCUT2D eigenvalue weighted by Gasteiger charge is -2.02. The molecule has 0 bridgehead atoms. The summed E-state index contributed by atoms with van der Waals surface area (Å²) in [5.74, 6) is 0. The lowest BCUT2D eigenvalue weighted by atomic mass is 10.3. The quantitative estimate of drug-likeness (QED) is 0.458. The van der Waals surface area contributed by atoms with Gasteiger partial charge in [0, 0.05) is 12.4 Å². The highest BCUT2D eigenvalue weighted by Crippen LogP contribution is 1.92. The predicted octanol–water partition coefficient (Wildman–Crippen LogP) is 0.0154. The van der Waals surface area contributed by atoms with Crippen molar-refractivity contribution in [2.45, 2.75) is 0 Å². The minimum absolute atomic E-state index is 0.628. The Hall–Kier alpha value is -1.43. The first-order valence-corrected chi connectivity index (χ1v) is 2.21. The maximum Gasteiger partial charge on any atom is 0.101 e. The Morgan fingerprint density at radius 2 is 2.38 bits per heavy atom. The number of hydrogen-bond donors (Lipinski definition) is 2. The van der Waals surface area contributed by atoms with Crippen molar-refractivity contribution < 1.29 is 0 Å². The third-order valence-electron chi connectivity index (χ3n) is 0.786. The predicted molar refractivity (Wildman–Crippen MR) is 29.1 cm³/mol. The molecule has 0 saturated heterocycles. The Morgan fingerprint density at radius 3 is 2.75 bits per heavy atom. The van der Waals surface area contributed by atoms with E-state index in [0.29, 0.717) is 5.57 Å². The Morgan fingerprint density at radius 1 is 1.50 bits per heavy atom. The summed E-state index contributed by atoms with van der Waals surface area (Å²) in [6.07, 6.45) is 4.95. The van der Waals surface area contributed by atoms with Crippen molar-refractivity contribution in [3.8, 4) is 6.07 Å². The van der Waals surface area contributed by atoms with Gasteiger partial charge >= 0.3 is 0 Å². The van der Waals surface area contributed by atoms with Crippen molar-refractivity contribution in [3.63, 3.8) is 0 Å². The summed E-state index contributed by atoms with van der Waals surface area (Å²) >= 11 is 0. The molecule has 0 unspecified atom stereocenters. The van der Waals surface area contributed by atoms with E-state index in [9.17, 15) is 0 Å². The van der Waals surface area contributed by atoms with Gasteiger partial charge in [-0.15, -0.1) is 0 Å². The maximum absolute atomic E-state index is 8.25. The van der Waals surface area contributed by atoms with Crippen molar-refractivity contribution in [2.24, 2.45) is 0 Å². The lowest BCUT2D eigenvalue weighted by Crippen LogP contribution is -2.23. The molecule has 0 amide bonds. The van der Waals surface area contributed by atoms with Crippen molar-refractivity contribution in [3.05, 3.63) is 24.0 Å². The zero-order chi connectivity index (χ0) is 5.82. The average Bonchev–Trinajstić information content (AvgIpc) is 1.90. The largest absolute Gasteiger partial charge is 0.309 e. The Bertz CT molecular complexity index is 173. The van der Waals surface area contributed by atoms with E-state index < -0.39 is 0 Å². The molecule has 0 spiro atoms. The minimum atomic E-state index is 0.628. The van der Waals surface area contributed by atoms with Crippen LogP contribution < -0.4 is 10.9 Å². The molecular weight excluding hydrogens is 102 g/mol. The molecule has 0 aromatic rings. The number of hydrazine groups is 1. The molecule has 1 rings (SSSR count). The van der Waals surface area contributed by atoms with E-state index in [0.717, 1.165) is 0 Å². The first-order chi connectivity index (χ1) is 3.93. The summed E-state index contributed by atoms with van der Waals surface area (Å²) in [5.41, 5.74) is 5.98. The molecule has 0 saturated carbocycles. The van der Waals surface area contributed by atoms with Gasteiger partial charge in [0.15, 0.2) is 0 Å². The van der Waals surface area contributed by atoms with Gasteiger partial charge in [0.2, 0.25) is 0 Å².